The molecule has 1 heterocycles. The zero-order valence-corrected chi connectivity index (χ0v) is 11.0. The van der Waals surface area contributed by atoms with Crippen molar-refractivity contribution >= 4 is 23.1 Å². The van der Waals surface area contributed by atoms with Gasteiger partial charge in [-0.15, -0.1) is 0 Å². The molecule has 1 aliphatic rings. The number of aromatic nitrogens is 1. The van der Waals surface area contributed by atoms with Gasteiger partial charge in [-0.05, 0) is 30.9 Å². The summed E-state index contributed by atoms with van der Waals surface area (Å²) >= 11 is 5.01. The molecule has 0 bridgehead atoms. The van der Waals surface area contributed by atoms with Crippen LogP contribution in [0.5, 0.6) is 0 Å². The molecule has 0 aliphatic heterocycles. The van der Waals surface area contributed by atoms with Gasteiger partial charge in [0.05, 0.1) is 10.4 Å². The Morgan fingerprint density at radius 2 is 2.33 bits per heavy atom. The molecule has 1 saturated carbocycles. The van der Waals surface area contributed by atoms with Gasteiger partial charge < -0.3 is 11.1 Å². The molecule has 96 valence electrons. The Kier molecular flexibility index (Phi) is 3.91. The van der Waals surface area contributed by atoms with Gasteiger partial charge in [0.1, 0.15) is 0 Å². The number of rotatable bonds is 5. The van der Waals surface area contributed by atoms with Crippen LogP contribution in [-0.4, -0.2) is 22.4 Å². The number of thiocarbonyl (C=S) groups is 1. The predicted molar refractivity (Wildman–Crippen MR) is 74.0 cm³/mol. The number of carbonyl (C=O) groups is 1. The lowest BCUT2D eigenvalue weighted by molar-refractivity contribution is -0.130. The minimum atomic E-state index is -0.579. The number of nitrogens with two attached hydrogens (primary N) is 1. The first-order chi connectivity index (χ1) is 8.65. The van der Waals surface area contributed by atoms with Crippen LogP contribution in [0, 0.1) is 5.41 Å². The number of nitrogens with zero attached hydrogens (tertiary/aromatic N) is 1. The molecule has 0 aromatic carbocycles. The van der Waals surface area contributed by atoms with Crippen LogP contribution in [0.3, 0.4) is 0 Å². The van der Waals surface area contributed by atoms with Gasteiger partial charge in [0, 0.05) is 18.9 Å². The Labute approximate surface area is 112 Å². The molecule has 3 N–H and O–H groups in total. The summed E-state index contributed by atoms with van der Waals surface area (Å²) in [4.78, 5) is 16.4. The summed E-state index contributed by atoms with van der Waals surface area (Å²) < 4.78 is 0. The SMILES string of the molecule is NC(=S)C1(C(=O)NCCc2cccnc2)CCC1. The van der Waals surface area contributed by atoms with Crippen LogP contribution in [0.4, 0.5) is 0 Å². The zero-order chi connectivity index (χ0) is 13.0. The average Bonchev–Trinajstić information content (AvgIpc) is 2.28. The number of hydrogen-bond acceptors (Lipinski definition) is 3. The van der Waals surface area contributed by atoms with Gasteiger partial charge >= 0.3 is 0 Å². The predicted octanol–water partition coefficient (Wildman–Crippen LogP) is 1.20. The zero-order valence-electron chi connectivity index (χ0n) is 10.2. The summed E-state index contributed by atoms with van der Waals surface area (Å²) in [6.45, 7) is 0.592. The lowest BCUT2D eigenvalue weighted by Crippen LogP contribution is -2.53. The maximum atomic E-state index is 12.1. The fraction of sp³-hybridized carbons (Fsp3) is 0.462. The third-order valence-corrected chi connectivity index (χ3v) is 3.93. The number of pyridine rings is 1. The quantitative estimate of drug-likeness (QED) is 0.783. The highest BCUT2D eigenvalue weighted by molar-refractivity contribution is 7.80. The maximum absolute atomic E-state index is 12.1. The lowest BCUT2D eigenvalue weighted by Gasteiger charge is -2.39. The Morgan fingerprint density at radius 3 is 2.83 bits per heavy atom. The van der Waals surface area contributed by atoms with E-state index in [1.807, 2.05) is 12.1 Å². The van der Waals surface area contributed by atoms with E-state index in [1.54, 1.807) is 12.4 Å². The molecule has 0 atom stereocenters. The summed E-state index contributed by atoms with van der Waals surface area (Å²) in [7, 11) is 0. The van der Waals surface area contributed by atoms with E-state index in [-0.39, 0.29) is 5.91 Å². The summed E-state index contributed by atoms with van der Waals surface area (Å²) in [6, 6.07) is 3.88. The van der Waals surface area contributed by atoms with E-state index in [0.29, 0.717) is 11.5 Å². The molecule has 0 unspecified atom stereocenters. The second-order valence-corrected chi connectivity index (χ2v) is 5.11. The van der Waals surface area contributed by atoms with Crippen LogP contribution in [0.15, 0.2) is 24.5 Å². The van der Waals surface area contributed by atoms with Crippen LogP contribution in [0.1, 0.15) is 24.8 Å². The molecule has 1 aromatic heterocycles. The summed E-state index contributed by atoms with van der Waals surface area (Å²) in [5, 5.41) is 2.92. The average molecular weight is 263 g/mol. The van der Waals surface area contributed by atoms with E-state index >= 15 is 0 Å². The van der Waals surface area contributed by atoms with Gasteiger partial charge in [0.15, 0.2) is 0 Å². The van der Waals surface area contributed by atoms with Crippen LogP contribution < -0.4 is 11.1 Å². The minimum absolute atomic E-state index is 0.0230. The summed E-state index contributed by atoms with van der Waals surface area (Å²) in [6.07, 6.45) is 6.89. The second-order valence-electron chi connectivity index (χ2n) is 4.67. The molecule has 0 spiro atoms. The Bertz CT molecular complexity index is 443. The molecule has 2 rings (SSSR count). The molecule has 18 heavy (non-hydrogen) atoms. The van der Waals surface area contributed by atoms with Gasteiger partial charge in [-0.2, -0.15) is 0 Å². The van der Waals surface area contributed by atoms with E-state index in [4.69, 9.17) is 18.0 Å². The molecule has 1 aromatic rings. The molecular formula is C13H17N3OS. The first kappa shape index (κ1) is 13.0. The molecule has 0 radical (unpaired) electrons. The van der Waals surface area contributed by atoms with E-state index in [2.05, 4.69) is 10.3 Å². The fourth-order valence-electron chi connectivity index (χ4n) is 2.15. The molecule has 1 fully saturated rings. The van der Waals surface area contributed by atoms with E-state index < -0.39 is 5.41 Å². The van der Waals surface area contributed by atoms with Gasteiger partial charge in [-0.1, -0.05) is 24.7 Å². The normalized spacial score (nSPS) is 16.7. The van der Waals surface area contributed by atoms with E-state index in [0.717, 1.165) is 31.2 Å². The van der Waals surface area contributed by atoms with Gasteiger partial charge in [0.25, 0.3) is 0 Å². The Hall–Kier alpha value is -1.49. The highest BCUT2D eigenvalue weighted by Crippen LogP contribution is 2.41. The second kappa shape index (κ2) is 5.44. The van der Waals surface area contributed by atoms with Crippen molar-refractivity contribution in [3.63, 3.8) is 0 Å². The number of carbonyl (C=O) groups excluding carboxylic acids is 1. The first-order valence-electron chi connectivity index (χ1n) is 6.12. The van der Waals surface area contributed by atoms with Gasteiger partial charge in [-0.3, -0.25) is 9.78 Å². The molecule has 5 heteroatoms. The van der Waals surface area contributed by atoms with Crippen molar-refractivity contribution in [2.45, 2.75) is 25.7 Å². The Morgan fingerprint density at radius 1 is 1.56 bits per heavy atom. The van der Waals surface area contributed by atoms with Crippen molar-refractivity contribution in [1.82, 2.24) is 10.3 Å². The van der Waals surface area contributed by atoms with Crippen molar-refractivity contribution in [3.8, 4) is 0 Å². The highest BCUT2D eigenvalue weighted by Gasteiger charge is 2.46. The standard InChI is InChI=1S/C13H17N3OS/c14-11(18)13(5-2-6-13)12(17)16-8-4-10-3-1-7-15-9-10/h1,3,7,9H,2,4-6,8H2,(H2,14,18)(H,16,17). The topological polar surface area (TPSA) is 68.0 Å². The molecule has 0 saturated heterocycles. The van der Waals surface area contributed by atoms with E-state index in [9.17, 15) is 4.79 Å². The number of amides is 1. The maximum Gasteiger partial charge on any atom is 0.233 e. The molecule has 4 nitrogen and oxygen atoms in total. The summed E-state index contributed by atoms with van der Waals surface area (Å²) in [5.41, 5.74) is 6.21. The smallest absolute Gasteiger partial charge is 0.233 e. The van der Waals surface area contributed by atoms with E-state index in [1.165, 1.54) is 0 Å². The third-order valence-electron chi connectivity index (χ3n) is 3.54. The van der Waals surface area contributed by atoms with Crippen LogP contribution in [-0.2, 0) is 11.2 Å². The molecule has 1 amide bonds. The fourth-order valence-corrected chi connectivity index (χ4v) is 2.45. The van der Waals surface area contributed by atoms with Crippen molar-refractivity contribution in [2.24, 2.45) is 11.1 Å². The van der Waals surface area contributed by atoms with Crippen LogP contribution >= 0.6 is 12.2 Å². The minimum Gasteiger partial charge on any atom is -0.392 e. The van der Waals surface area contributed by atoms with Crippen molar-refractivity contribution in [3.05, 3.63) is 30.1 Å². The summed E-state index contributed by atoms with van der Waals surface area (Å²) in [5.74, 6) is -0.0230. The van der Waals surface area contributed by atoms with Crippen molar-refractivity contribution in [2.75, 3.05) is 6.54 Å². The Balaban J connectivity index is 1.84. The molecule has 1 aliphatic carbocycles. The molecular weight excluding hydrogens is 246 g/mol. The number of nitrogens with one attached hydrogen (secondary N) is 1. The van der Waals surface area contributed by atoms with Crippen molar-refractivity contribution < 1.29 is 4.79 Å². The van der Waals surface area contributed by atoms with Gasteiger partial charge in [0.2, 0.25) is 5.91 Å². The largest absolute Gasteiger partial charge is 0.392 e. The third kappa shape index (κ3) is 2.51. The first-order valence-corrected chi connectivity index (χ1v) is 6.53. The number of hydrogen-bond donors (Lipinski definition) is 2. The monoisotopic (exact) mass is 263 g/mol. The van der Waals surface area contributed by atoms with Gasteiger partial charge in [-0.25, -0.2) is 0 Å². The highest BCUT2D eigenvalue weighted by atomic mass is 32.1. The van der Waals surface area contributed by atoms with Crippen LogP contribution in [0.2, 0.25) is 0 Å². The van der Waals surface area contributed by atoms with Crippen molar-refractivity contribution in [1.29, 1.82) is 0 Å². The lowest BCUT2D eigenvalue weighted by atomic mass is 9.68. The van der Waals surface area contributed by atoms with Crippen LogP contribution in [0.25, 0.3) is 0 Å².